The number of hydrazone groups is 1. The molecule has 7 heteroatoms. The quantitative estimate of drug-likeness (QED) is 0.598. The SMILES string of the molecule is COc1ccc(OCC(=O)NN=Cc2ccccc2C(=O)O)cc1. The zero-order valence-electron chi connectivity index (χ0n) is 12.9. The van der Waals surface area contributed by atoms with Crippen molar-refractivity contribution in [3.63, 3.8) is 0 Å². The smallest absolute Gasteiger partial charge is 0.336 e. The van der Waals surface area contributed by atoms with E-state index in [1.807, 2.05) is 0 Å². The number of ether oxygens (including phenoxy) is 2. The van der Waals surface area contributed by atoms with Crippen LogP contribution in [0.15, 0.2) is 53.6 Å². The zero-order chi connectivity index (χ0) is 17.4. The Bertz CT molecular complexity index is 741. The van der Waals surface area contributed by atoms with E-state index in [9.17, 15) is 9.59 Å². The van der Waals surface area contributed by atoms with Crippen molar-refractivity contribution in [2.24, 2.45) is 5.10 Å². The van der Waals surface area contributed by atoms with Gasteiger partial charge in [-0.05, 0) is 30.3 Å². The fourth-order valence-electron chi connectivity index (χ4n) is 1.83. The van der Waals surface area contributed by atoms with Crippen molar-refractivity contribution < 1.29 is 24.2 Å². The van der Waals surface area contributed by atoms with Crippen LogP contribution in [0.2, 0.25) is 0 Å². The predicted octanol–water partition coefficient (Wildman–Crippen LogP) is 1.92. The van der Waals surface area contributed by atoms with Gasteiger partial charge >= 0.3 is 5.97 Å². The Morgan fingerprint density at radius 3 is 2.46 bits per heavy atom. The lowest BCUT2D eigenvalue weighted by Crippen LogP contribution is -2.24. The number of carbonyl (C=O) groups excluding carboxylic acids is 1. The number of carboxylic acid groups (broad SMARTS) is 1. The van der Waals surface area contributed by atoms with Gasteiger partial charge in [0.1, 0.15) is 11.5 Å². The lowest BCUT2D eigenvalue weighted by Gasteiger charge is -2.06. The number of nitrogens with zero attached hydrogens (tertiary/aromatic N) is 1. The lowest BCUT2D eigenvalue weighted by atomic mass is 10.1. The molecule has 0 saturated heterocycles. The first-order valence-corrected chi connectivity index (χ1v) is 7.01. The summed E-state index contributed by atoms with van der Waals surface area (Å²) in [6.07, 6.45) is 1.27. The predicted molar refractivity (Wildman–Crippen MR) is 87.6 cm³/mol. The van der Waals surface area contributed by atoms with Crippen molar-refractivity contribution in [2.45, 2.75) is 0 Å². The summed E-state index contributed by atoms with van der Waals surface area (Å²) in [7, 11) is 1.56. The van der Waals surface area contributed by atoms with E-state index < -0.39 is 11.9 Å². The molecule has 0 aliphatic rings. The van der Waals surface area contributed by atoms with Gasteiger partial charge < -0.3 is 14.6 Å². The first kappa shape index (κ1) is 17.0. The number of methoxy groups -OCH3 is 1. The Hall–Kier alpha value is -3.35. The molecule has 0 bridgehead atoms. The topological polar surface area (TPSA) is 97.2 Å². The number of hydrogen-bond acceptors (Lipinski definition) is 5. The zero-order valence-corrected chi connectivity index (χ0v) is 12.9. The van der Waals surface area contributed by atoms with Gasteiger partial charge in [-0.2, -0.15) is 5.10 Å². The average Bonchev–Trinajstić information content (AvgIpc) is 2.60. The standard InChI is InChI=1S/C17H16N2O5/c1-23-13-6-8-14(9-7-13)24-11-16(20)19-18-10-12-4-2-3-5-15(12)17(21)22/h2-10H,11H2,1H3,(H,19,20)(H,21,22). The Kier molecular flexibility index (Phi) is 5.90. The van der Waals surface area contributed by atoms with Crippen molar-refractivity contribution in [1.29, 1.82) is 0 Å². The number of nitrogens with one attached hydrogen (secondary N) is 1. The summed E-state index contributed by atoms with van der Waals surface area (Å²) in [5, 5.41) is 12.8. The van der Waals surface area contributed by atoms with Crippen molar-refractivity contribution in [3.05, 3.63) is 59.7 Å². The molecule has 0 spiro atoms. The first-order chi connectivity index (χ1) is 11.6. The third-order valence-corrected chi connectivity index (χ3v) is 3.01. The minimum absolute atomic E-state index is 0.102. The molecule has 2 aromatic rings. The van der Waals surface area contributed by atoms with Crippen LogP contribution in [0.25, 0.3) is 0 Å². The molecule has 0 radical (unpaired) electrons. The molecule has 0 aromatic heterocycles. The molecule has 0 heterocycles. The van der Waals surface area contributed by atoms with Gasteiger partial charge in [0.05, 0.1) is 18.9 Å². The van der Waals surface area contributed by atoms with Crippen LogP contribution in [0.3, 0.4) is 0 Å². The Morgan fingerprint density at radius 2 is 1.79 bits per heavy atom. The van der Waals surface area contributed by atoms with Gasteiger partial charge in [-0.25, -0.2) is 10.2 Å². The molecule has 24 heavy (non-hydrogen) atoms. The number of carboxylic acids is 1. The second kappa shape index (κ2) is 8.33. The van der Waals surface area contributed by atoms with E-state index in [1.165, 1.54) is 12.3 Å². The minimum atomic E-state index is -1.06. The molecule has 0 fully saturated rings. The highest BCUT2D eigenvalue weighted by atomic mass is 16.5. The molecule has 0 aliphatic heterocycles. The molecule has 1 amide bonds. The largest absolute Gasteiger partial charge is 0.497 e. The summed E-state index contributed by atoms with van der Waals surface area (Å²) in [5.41, 5.74) is 2.77. The molecule has 7 nitrogen and oxygen atoms in total. The third kappa shape index (κ3) is 4.84. The van der Waals surface area contributed by atoms with E-state index in [-0.39, 0.29) is 12.2 Å². The van der Waals surface area contributed by atoms with Crippen molar-refractivity contribution in [2.75, 3.05) is 13.7 Å². The van der Waals surface area contributed by atoms with E-state index >= 15 is 0 Å². The normalized spacial score (nSPS) is 10.4. The number of amides is 1. The van der Waals surface area contributed by atoms with E-state index in [0.717, 1.165) is 0 Å². The second-order valence-electron chi connectivity index (χ2n) is 4.65. The molecule has 2 rings (SSSR count). The molecule has 124 valence electrons. The number of rotatable bonds is 7. The Balaban J connectivity index is 1.85. The van der Waals surface area contributed by atoms with Gasteiger partial charge in [-0.15, -0.1) is 0 Å². The minimum Gasteiger partial charge on any atom is -0.497 e. The van der Waals surface area contributed by atoms with Crippen molar-refractivity contribution in [1.82, 2.24) is 5.43 Å². The summed E-state index contributed by atoms with van der Waals surface area (Å²) < 4.78 is 10.3. The number of carbonyl (C=O) groups is 2. The molecular formula is C17H16N2O5. The molecule has 0 unspecified atom stereocenters. The summed E-state index contributed by atoms with van der Waals surface area (Å²) in [6.45, 7) is -0.218. The van der Waals surface area contributed by atoms with Crippen LogP contribution in [0.5, 0.6) is 11.5 Å². The molecule has 0 atom stereocenters. The van der Waals surface area contributed by atoms with Crippen LogP contribution >= 0.6 is 0 Å². The molecule has 2 aromatic carbocycles. The molecule has 0 saturated carbocycles. The fourth-order valence-corrected chi connectivity index (χ4v) is 1.83. The van der Waals surface area contributed by atoms with Crippen LogP contribution in [-0.2, 0) is 4.79 Å². The van der Waals surface area contributed by atoms with Crippen LogP contribution in [0.4, 0.5) is 0 Å². The van der Waals surface area contributed by atoms with Crippen LogP contribution < -0.4 is 14.9 Å². The summed E-state index contributed by atoms with van der Waals surface area (Å²) in [5.74, 6) is -0.319. The van der Waals surface area contributed by atoms with Gasteiger partial charge in [0.25, 0.3) is 5.91 Å². The molecule has 0 aliphatic carbocycles. The van der Waals surface area contributed by atoms with Crippen molar-refractivity contribution >= 4 is 18.1 Å². The highest BCUT2D eigenvalue weighted by molar-refractivity contribution is 5.98. The maximum Gasteiger partial charge on any atom is 0.336 e. The first-order valence-electron chi connectivity index (χ1n) is 7.01. The summed E-state index contributed by atoms with van der Waals surface area (Å²) in [4.78, 5) is 22.7. The fraction of sp³-hybridized carbons (Fsp3) is 0.118. The van der Waals surface area contributed by atoms with E-state index in [0.29, 0.717) is 17.1 Å². The monoisotopic (exact) mass is 328 g/mol. The Morgan fingerprint density at radius 1 is 1.12 bits per heavy atom. The van der Waals surface area contributed by atoms with Gasteiger partial charge in [-0.1, -0.05) is 18.2 Å². The van der Waals surface area contributed by atoms with E-state index in [1.54, 1.807) is 49.6 Å². The van der Waals surface area contributed by atoms with Gasteiger partial charge in [0.2, 0.25) is 0 Å². The van der Waals surface area contributed by atoms with Crippen molar-refractivity contribution in [3.8, 4) is 11.5 Å². The third-order valence-electron chi connectivity index (χ3n) is 3.01. The molecular weight excluding hydrogens is 312 g/mol. The van der Waals surface area contributed by atoms with Crippen LogP contribution in [0, 0.1) is 0 Å². The lowest BCUT2D eigenvalue weighted by molar-refractivity contribution is -0.123. The number of aromatic carboxylic acids is 1. The Labute approximate surface area is 138 Å². The highest BCUT2D eigenvalue weighted by Gasteiger charge is 2.07. The second-order valence-corrected chi connectivity index (χ2v) is 4.65. The highest BCUT2D eigenvalue weighted by Crippen LogP contribution is 2.16. The van der Waals surface area contributed by atoms with Gasteiger partial charge in [0, 0.05) is 5.56 Å². The summed E-state index contributed by atoms with van der Waals surface area (Å²) >= 11 is 0. The van der Waals surface area contributed by atoms with Crippen LogP contribution in [0.1, 0.15) is 15.9 Å². The molecule has 2 N–H and O–H groups in total. The maximum absolute atomic E-state index is 11.7. The van der Waals surface area contributed by atoms with E-state index in [4.69, 9.17) is 14.6 Å². The van der Waals surface area contributed by atoms with Crippen LogP contribution in [-0.4, -0.2) is 36.9 Å². The van der Waals surface area contributed by atoms with Gasteiger partial charge in [0.15, 0.2) is 6.61 Å². The number of hydrogen-bond donors (Lipinski definition) is 2. The number of benzene rings is 2. The average molecular weight is 328 g/mol. The van der Waals surface area contributed by atoms with E-state index in [2.05, 4.69) is 10.5 Å². The maximum atomic E-state index is 11.7. The van der Waals surface area contributed by atoms with Gasteiger partial charge in [-0.3, -0.25) is 4.79 Å². The summed E-state index contributed by atoms with van der Waals surface area (Å²) in [6, 6.07) is 13.1.